The van der Waals surface area contributed by atoms with E-state index >= 15 is 0 Å². The molecule has 0 fully saturated rings. The molecule has 0 saturated heterocycles. The zero-order valence-electron chi connectivity index (χ0n) is 14.7. The van der Waals surface area contributed by atoms with Gasteiger partial charge in [0.15, 0.2) is 17.5 Å². The molecule has 1 aromatic carbocycles. The monoisotopic (exact) mass is 362 g/mol. The number of nitrogens with zero attached hydrogens (tertiary/aromatic N) is 4. The van der Waals surface area contributed by atoms with Crippen LogP contribution in [-0.4, -0.2) is 29.9 Å². The van der Waals surface area contributed by atoms with Crippen molar-refractivity contribution in [2.45, 2.75) is 0 Å². The van der Waals surface area contributed by atoms with E-state index in [-0.39, 0.29) is 0 Å². The van der Waals surface area contributed by atoms with E-state index in [1.807, 2.05) is 66.7 Å². The lowest BCUT2D eigenvalue weighted by Crippen LogP contribution is -1.85. The number of aromatic amines is 2. The van der Waals surface area contributed by atoms with Gasteiger partial charge in [-0.1, -0.05) is 24.3 Å². The molecule has 132 valence electrons. The van der Waals surface area contributed by atoms with Crippen molar-refractivity contribution in [3.63, 3.8) is 0 Å². The van der Waals surface area contributed by atoms with Gasteiger partial charge in [-0.05, 0) is 48.6 Å². The number of hydrogen-bond acceptors (Lipinski definition) is 4. The third-order valence-electron chi connectivity index (χ3n) is 4.76. The summed E-state index contributed by atoms with van der Waals surface area (Å²) in [7, 11) is 0. The maximum Gasteiger partial charge on any atom is 0.162 e. The van der Waals surface area contributed by atoms with Crippen LogP contribution in [0.4, 0.5) is 0 Å². The molecule has 2 aliphatic rings. The Kier molecular flexibility index (Phi) is 3.07. The Hall–Kier alpha value is -4.06. The molecular weight excluding hydrogens is 348 g/mol. The predicted octanol–water partition coefficient (Wildman–Crippen LogP) is 4.61. The van der Waals surface area contributed by atoms with Crippen molar-refractivity contribution >= 4 is 34.3 Å². The smallest absolute Gasteiger partial charge is 0.162 e. The summed E-state index contributed by atoms with van der Waals surface area (Å²) in [6, 6.07) is 20.2. The number of hydrogen-bond donors (Lipinski definition) is 2. The maximum atomic E-state index is 4.77. The van der Waals surface area contributed by atoms with Gasteiger partial charge in [0.05, 0.1) is 5.69 Å². The molecule has 2 N–H and O–H groups in total. The number of aromatic nitrogens is 6. The van der Waals surface area contributed by atoms with Gasteiger partial charge in [0.2, 0.25) is 0 Å². The van der Waals surface area contributed by atoms with E-state index in [0.29, 0.717) is 17.5 Å². The minimum atomic E-state index is 0.598. The third-order valence-corrected chi connectivity index (χ3v) is 4.76. The number of rotatable bonds is 0. The van der Waals surface area contributed by atoms with E-state index in [0.717, 1.165) is 39.0 Å². The Balaban J connectivity index is 1.73. The van der Waals surface area contributed by atoms with Crippen LogP contribution in [0.3, 0.4) is 0 Å². The first-order chi connectivity index (χ1) is 13.8. The van der Waals surface area contributed by atoms with E-state index in [2.05, 4.69) is 31.0 Å². The summed E-state index contributed by atoms with van der Waals surface area (Å²) in [4.78, 5) is 25.2. The molecule has 6 rings (SSSR count). The molecule has 0 radical (unpaired) electrons. The second-order valence-corrected chi connectivity index (χ2v) is 6.71. The van der Waals surface area contributed by atoms with Gasteiger partial charge in [0.1, 0.15) is 5.65 Å². The lowest BCUT2D eigenvalue weighted by atomic mass is 10.1. The molecule has 2 aliphatic heterocycles. The average molecular weight is 362 g/mol. The van der Waals surface area contributed by atoms with E-state index in [4.69, 9.17) is 4.98 Å². The highest BCUT2D eigenvalue weighted by Gasteiger charge is 2.17. The lowest BCUT2D eigenvalue weighted by molar-refractivity contribution is 1.11. The maximum absolute atomic E-state index is 4.77. The molecular formula is C22H14N6. The minimum Gasteiger partial charge on any atom is -0.355 e. The van der Waals surface area contributed by atoms with Gasteiger partial charge < -0.3 is 9.97 Å². The van der Waals surface area contributed by atoms with Gasteiger partial charge in [-0.15, -0.1) is 0 Å². The van der Waals surface area contributed by atoms with Crippen molar-refractivity contribution in [1.29, 1.82) is 0 Å². The molecule has 6 heteroatoms. The Labute approximate surface area is 159 Å². The highest BCUT2D eigenvalue weighted by Crippen LogP contribution is 2.34. The highest BCUT2D eigenvalue weighted by atomic mass is 15.0. The number of nitrogens with one attached hydrogen (secondary N) is 2. The number of benzene rings is 1. The summed E-state index contributed by atoms with van der Waals surface area (Å²) in [5.41, 5.74) is 6.66. The molecule has 0 saturated carbocycles. The van der Waals surface area contributed by atoms with Gasteiger partial charge in [-0.3, -0.25) is 0 Å². The fourth-order valence-electron chi connectivity index (χ4n) is 3.49. The molecule has 6 nitrogen and oxygen atoms in total. The van der Waals surface area contributed by atoms with Gasteiger partial charge in [0.25, 0.3) is 0 Å². The second kappa shape index (κ2) is 5.72. The Bertz CT molecular complexity index is 1420. The number of fused-ring (bicyclic) bond motifs is 11. The van der Waals surface area contributed by atoms with Gasteiger partial charge in [0, 0.05) is 27.7 Å². The van der Waals surface area contributed by atoms with Gasteiger partial charge >= 0.3 is 0 Å². The lowest BCUT2D eigenvalue weighted by Gasteiger charge is -1.96. The van der Waals surface area contributed by atoms with Crippen LogP contribution in [0.25, 0.3) is 57.0 Å². The first-order valence-corrected chi connectivity index (χ1v) is 9.00. The van der Waals surface area contributed by atoms with Crippen molar-refractivity contribution in [3.8, 4) is 22.6 Å². The first-order valence-electron chi connectivity index (χ1n) is 9.00. The van der Waals surface area contributed by atoms with Crippen molar-refractivity contribution in [2.24, 2.45) is 0 Å². The topological polar surface area (TPSA) is 83.1 Å². The molecule has 5 heterocycles. The zero-order chi connectivity index (χ0) is 18.5. The van der Waals surface area contributed by atoms with Crippen LogP contribution < -0.4 is 0 Å². The normalized spacial score (nSPS) is 12.1. The Morgan fingerprint density at radius 1 is 0.571 bits per heavy atom. The summed E-state index contributed by atoms with van der Waals surface area (Å²) in [6.07, 6.45) is 3.72. The largest absolute Gasteiger partial charge is 0.355 e. The van der Waals surface area contributed by atoms with Crippen LogP contribution in [0, 0.1) is 0 Å². The molecule has 28 heavy (non-hydrogen) atoms. The van der Waals surface area contributed by atoms with Crippen molar-refractivity contribution < 1.29 is 0 Å². The van der Waals surface area contributed by atoms with E-state index in [1.54, 1.807) is 0 Å². The number of H-pyrrole nitrogens is 2. The summed E-state index contributed by atoms with van der Waals surface area (Å²) < 4.78 is 0. The predicted molar refractivity (Wildman–Crippen MR) is 110 cm³/mol. The summed E-state index contributed by atoms with van der Waals surface area (Å²) in [6.45, 7) is 0. The summed E-state index contributed by atoms with van der Waals surface area (Å²) >= 11 is 0. The quantitative estimate of drug-likeness (QED) is 0.413. The zero-order valence-corrected chi connectivity index (χ0v) is 14.7. The molecule has 4 aromatic rings. The van der Waals surface area contributed by atoms with Crippen LogP contribution in [0.2, 0.25) is 0 Å². The standard InChI is InChI=1S/C22H14N6/c1-2-4-17-16(3-1)18-12-15-6-5-13(23-15)11-14-7-8-19(24-14)26-20-9-10-21(27-20)28-22(17)25-18/h1-12,23H,(H,24,25,26,27,28). The minimum absolute atomic E-state index is 0.598. The van der Waals surface area contributed by atoms with Crippen LogP contribution >= 0.6 is 0 Å². The van der Waals surface area contributed by atoms with Crippen LogP contribution in [0.1, 0.15) is 11.6 Å². The SMILES string of the molecule is C1=Cc2nc1nc1nc(cc3ccc(cc4ccc(n2)[nH]4)[nH]3)-c2ccccc2-1. The summed E-state index contributed by atoms with van der Waals surface area (Å²) in [5, 5.41) is 0. The highest BCUT2D eigenvalue weighted by molar-refractivity contribution is 5.85. The fourth-order valence-corrected chi connectivity index (χ4v) is 3.49. The fraction of sp³-hybridized carbons (Fsp3) is 0. The van der Waals surface area contributed by atoms with Crippen molar-refractivity contribution in [1.82, 2.24) is 29.9 Å². The molecule has 0 unspecified atom stereocenters. The third kappa shape index (κ3) is 2.51. The molecule has 0 spiro atoms. The van der Waals surface area contributed by atoms with E-state index in [9.17, 15) is 0 Å². The van der Waals surface area contributed by atoms with Crippen molar-refractivity contribution in [2.75, 3.05) is 0 Å². The molecule has 3 aromatic heterocycles. The molecule has 0 atom stereocenters. The average Bonchev–Trinajstić information content (AvgIpc) is 3.47. The first kappa shape index (κ1) is 15.0. The molecule has 0 amide bonds. The van der Waals surface area contributed by atoms with E-state index < -0.39 is 0 Å². The van der Waals surface area contributed by atoms with E-state index in [1.165, 1.54) is 0 Å². The van der Waals surface area contributed by atoms with Crippen LogP contribution in [0.15, 0.2) is 60.7 Å². The second-order valence-electron chi connectivity index (χ2n) is 6.71. The van der Waals surface area contributed by atoms with Crippen LogP contribution in [0.5, 0.6) is 0 Å². The molecule has 8 bridgehead atoms. The summed E-state index contributed by atoms with van der Waals surface area (Å²) in [5.74, 6) is 1.88. The van der Waals surface area contributed by atoms with Crippen LogP contribution in [-0.2, 0) is 0 Å². The van der Waals surface area contributed by atoms with Crippen molar-refractivity contribution in [3.05, 3.63) is 72.3 Å². The van der Waals surface area contributed by atoms with Gasteiger partial charge in [-0.2, -0.15) is 0 Å². The van der Waals surface area contributed by atoms with Gasteiger partial charge in [-0.25, -0.2) is 19.9 Å². The molecule has 0 aliphatic carbocycles. The Morgan fingerprint density at radius 2 is 1.29 bits per heavy atom. The Morgan fingerprint density at radius 3 is 2.18 bits per heavy atom.